The van der Waals surface area contributed by atoms with Crippen LogP contribution in [0, 0.1) is 0 Å². The molecule has 3 aromatic rings. The first-order chi connectivity index (χ1) is 16.0. The summed E-state index contributed by atoms with van der Waals surface area (Å²) < 4.78 is 5.19. The molecule has 6 heteroatoms. The monoisotopic (exact) mass is 464 g/mol. The van der Waals surface area contributed by atoms with Gasteiger partial charge in [0.15, 0.2) is 0 Å². The molecule has 3 rings (SSSR count). The standard InChI is InChI=1S/C27H29ClN2O3/c1-3-25(31)30(19-21-9-13-23(28)14-10-21)26(22-7-5-4-6-8-22)27(32)29-18-17-20-11-15-24(33-2)16-12-20/h4-16,26H,3,17-19H2,1-2H3,(H,29,32)/t26-/m0/s1. The van der Waals surface area contributed by atoms with Crippen LogP contribution in [0.25, 0.3) is 0 Å². The molecule has 2 amide bonds. The first-order valence-electron chi connectivity index (χ1n) is 11.0. The maximum absolute atomic E-state index is 13.4. The highest BCUT2D eigenvalue weighted by molar-refractivity contribution is 6.30. The number of amides is 2. The van der Waals surface area contributed by atoms with Gasteiger partial charge in [0.1, 0.15) is 11.8 Å². The van der Waals surface area contributed by atoms with E-state index < -0.39 is 6.04 Å². The van der Waals surface area contributed by atoms with Crippen LogP contribution in [0.15, 0.2) is 78.9 Å². The lowest BCUT2D eigenvalue weighted by Crippen LogP contribution is -2.43. The summed E-state index contributed by atoms with van der Waals surface area (Å²) in [6, 6.07) is 23.8. The lowest BCUT2D eigenvalue weighted by Gasteiger charge is -2.31. The second-order valence-corrected chi connectivity index (χ2v) is 8.14. The number of ether oxygens (including phenoxy) is 1. The second kappa shape index (κ2) is 12.1. The van der Waals surface area contributed by atoms with Crippen molar-refractivity contribution in [2.24, 2.45) is 0 Å². The zero-order valence-corrected chi connectivity index (χ0v) is 19.7. The van der Waals surface area contributed by atoms with Crippen LogP contribution >= 0.6 is 11.6 Å². The molecule has 0 aliphatic carbocycles. The van der Waals surface area contributed by atoms with E-state index in [-0.39, 0.29) is 11.8 Å². The van der Waals surface area contributed by atoms with Gasteiger partial charge >= 0.3 is 0 Å². The SMILES string of the molecule is CCC(=O)N(Cc1ccc(Cl)cc1)[C@H](C(=O)NCCc1ccc(OC)cc1)c1ccccc1. The number of methoxy groups -OCH3 is 1. The van der Waals surface area contributed by atoms with Crippen molar-refractivity contribution in [2.75, 3.05) is 13.7 Å². The van der Waals surface area contributed by atoms with Crippen LogP contribution in [0.4, 0.5) is 0 Å². The van der Waals surface area contributed by atoms with E-state index in [1.165, 1.54) is 0 Å². The van der Waals surface area contributed by atoms with Crippen molar-refractivity contribution in [1.82, 2.24) is 10.2 Å². The molecule has 0 aliphatic rings. The number of halogens is 1. The minimum atomic E-state index is -0.731. The molecular formula is C27H29ClN2O3. The van der Waals surface area contributed by atoms with Crippen LogP contribution in [0.5, 0.6) is 5.75 Å². The largest absolute Gasteiger partial charge is 0.497 e. The Hall–Kier alpha value is -3.31. The first-order valence-corrected chi connectivity index (χ1v) is 11.4. The molecule has 0 fully saturated rings. The van der Waals surface area contributed by atoms with Gasteiger partial charge in [-0.2, -0.15) is 0 Å². The molecule has 172 valence electrons. The molecule has 33 heavy (non-hydrogen) atoms. The highest BCUT2D eigenvalue weighted by Gasteiger charge is 2.30. The quantitative estimate of drug-likeness (QED) is 0.449. The molecule has 1 atom stereocenters. The molecule has 0 aromatic heterocycles. The number of rotatable bonds is 10. The minimum Gasteiger partial charge on any atom is -0.497 e. The Balaban J connectivity index is 1.79. The van der Waals surface area contributed by atoms with Crippen LogP contribution in [0.2, 0.25) is 5.02 Å². The van der Waals surface area contributed by atoms with Gasteiger partial charge in [0, 0.05) is 24.5 Å². The maximum Gasteiger partial charge on any atom is 0.247 e. The summed E-state index contributed by atoms with van der Waals surface area (Å²) >= 11 is 6.02. The fourth-order valence-corrected chi connectivity index (χ4v) is 3.77. The van der Waals surface area contributed by atoms with Crippen LogP contribution in [-0.4, -0.2) is 30.4 Å². The van der Waals surface area contributed by atoms with E-state index >= 15 is 0 Å². The first kappa shape index (κ1) is 24.3. The highest BCUT2D eigenvalue weighted by Crippen LogP contribution is 2.25. The Labute approximate surface area is 200 Å². The third-order valence-electron chi connectivity index (χ3n) is 5.44. The molecule has 0 aliphatic heterocycles. The van der Waals surface area contributed by atoms with E-state index in [0.717, 1.165) is 22.4 Å². The topological polar surface area (TPSA) is 58.6 Å². The predicted molar refractivity (Wildman–Crippen MR) is 131 cm³/mol. The third-order valence-corrected chi connectivity index (χ3v) is 5.69. The van der Waals surface area contributed by atoms with E-state index in [0.29, 0.717) is 31.0 Å². The molecule has 0 unspecified atom stereocenters. The lowest BCUT2D eigenvalue weighted by molar-refractivity contribution is -0.141. The molecular weight excluding hydrogens is 436 g/mol. The number of nitrogens with zero attached hydrogens (tertiary/aromatic N) is 1. The Morgan fingerprint density at radius 1 is 0.939 bits per heavy atom. The summed E-state index contributed by atoms with van der Waals surface area (Å²) in [6.45, 7) is 2.58. The van der Waals surface area contributed by atoms with Gasteiger partial charge < -0.3 is 15.0 Å². The fourth-order valence-electron chi connectivity index (χ4n) is 3.64. The Morgan fingerprint density at radius 3 is 2.18 bits per heavy atom. The lowest BCUT2D eigenvalue weighted by atomic mass is 10.0. The summed E-state index contributed by atoms with van der Waals surface area (Å²) in [6.07, 6.45) is 0.978. The van der Waals surface area contributed by atoms with E-state index in [4.69, 9.17) is 16.3 Å². The summed E-state index contributed by atoms with van der Waals surface area (Å²) in [7, 11) is 1.63. The molecule has 0 heterocycles. The Kier molecular flexibility index (Phi) is 8.90. The van der Waals surface area contributed by atoms with Crippen molar-refractivity contribution in [3.63, 3.8) is 0 Å². The molecule has 0 spiro atoms. The van der Waals surface area contributed by atoms with Crippen molar-refractivity contribution < 1.29 is 14.3 Å². The molecule has 0 saturated carbocycles. The number of carbonyl (C=O) groups excluding carboxylic acids is 2. The van der Waals surface area contributed by atoms with Gasteiger partial charge in [-0.1, -0.05) is 73.1 Å². The van der Waals surface area contributed by atoms with Crippen molar-refractivity contribution in [3.8, 4) is 5.75 Å². The van der Waals surface area contributed by atoms with Crippen molar-refractivity contribution in [2.45, 2.75) is 32.4 Å². The van der Waals surface area contributed by atoms with E-state index in [1.807, 2.05) is 66.7 Å². The van der Waals surface area contributed by atoms with Crippen molar-refractivity contribution in [1.29, 1.82) is 0 Å². The Bertz CT molecular complexity index is 1040. The molecule has 1 N–H and O–H groups in total. The number of nitrogens with one attached hydrogen (secondary N) is 1. The number of hydrogen-bond donors (Lipinski definition) is 1. The molecule has 3 aromatic carbocycles. The average molecular weight is 465 g/mol. The highest BCUT2D eigenvalue weighted by atomic mass is 35.5. The second-order valence-electron chi connectivity index (χ2n) is 7.70. The predicted octanol–water partition coefficient (Wildman–Crippen LogP) is 5.19. The zero-order valence-electron chi connectivity index (χ0n) is 19.0. The van der Waals surface area contributed by atoms with Crippen molar-refractivity contribution >= 4 is 23.4 Å². The zero-order chi connectivity index (χ0) is 23.6. The van der Waals surface area contributed by atoms with Gasteiger partial charge in [-0.25, -0.2) is 0 Å². The van der Waals surface area contributed by atoms with E-state index in [1.54, 1.807) is 31.1 Å². The van der Waals surface area contributed by atoms with E-state index in [2.05, 4.69) is 5.32 Å². The number of carbonyl (C=O) groups is 2. The van der Waals surface area contributed by atoms with Gasteiger partial charge in [0.2, 0.25) is 11.8 Å². The van der Waals surface area contributed by atoms with Crippen LogP contribution in [0.1, 0.15) is 36.1 Å². The van der Waals surface area contributed by atoms with Gasteiger partial charge in [-0.3, -0.25) is 9.59 Å². The molecule has 0 saturated heterocycles. The average Bonchev–Trinajstić information content (AvgIpc) is 2.85. The van der Waals surface area contributed by atoms with Gasteiger partial charge in [-0.15, -0.1) is 0 Å². The summed E-state index contributed by atoms with van der Waals surface area (Å²) in [5.74, 6) is 0.498. The van der Waals surface area contributed by atoms with Crippen LogP contribution in [0.3, 0.4) is 0 Å². The van der Waals surface area contributed by atoms with Gasteiger partial charge in [0.25, 0.3) is 0 Å². The number of hydrogen-bond acceptors (Lipinski definition) is 3. The van der Waals surface area contributed by atoms with Crippen LogP contribution in [-0.2, 0) is 22.6 Å². The van der Waals surface area contributed by atoms with Crippen molar-refractivity contribution in [3.05, 3.63) is 101 Å². The normalized spacial score (nSPS) is 11.5. The van der Waals surface area contributed by atoms with E-state index in [9.17, 15) is 9.59 Å². The van der Waals surface area contributed by atoms with Gasteiger partial charge in [0.05, 0.1) is 7.11 Å². The third kappa shape index (κ3) is 6.83. The smallest absolute Gasteiger partial charge is 0.247 e. The number of benzene rings is 3. The minimum absolute atomic E-state index is 0.0934. The maximum atomic E-state index is 13.4. The van der Waals surface area contributed by atoms with Gasteiger partial charge in [-0.05, 0) is 47.4 Å². The Morgan fingerprint density at radius 2 is 1.58 bits per heavy atom. The molecule has 5 nitrogen and oxygen atoms in total. The fraction of sp³-hybridized carbons (Fsp3) is 0.259. The van der Waals surface area contributed by atoms with Crippen LogP contribution < -0.4 is 10.1 Å². The summed E-state index contributed by atoms with van der Waals surface area (Å²) in [5, 5.41) is 3.66. The summed E-state index contributed by atoms with van der Waals surface area (Å²) in [5.41, 5.74) is 2.78. The molecule has 0 bridgehead atoms. The summed E-state index contributed by atoms with van der Waals surface area (Å²) in [4.78, 5) is 28.0. The molecule has 0 radical (unpaired) electrons.